The number of carbonyl (C=O) groups is 1. The average molecular weight is 386 g/mol. The number of piperidine rings is 1. The molecule has 1 aromatic rings. The van der Waals surface area contributed by atoms with E-state index < -0.39 is 0 Å². The molecule has 1 aliphatic heterocycles. The minimum absolute atomic E-state index is 0.0119. The van der Waals surface area contributed by atoms with Crippen LogP contribution in [0.4, 0.5) is 0 Å². The van der Waals surface area contributed by atoms with Crippen molar-refractivity contribution in [3.8, 4) is 0 Å². The summed E-state index contributed by atoms with van der Waals surface area (Å²) in [5, 5.41) is 0. The van der Waals surface area contributed by atoms with E-state index in [9.17, 15) is 4.79 Å². The quantitative estimate of drug-likeness (QED) is 0.426. The van der Waals surface area contributed by atoms with Crippen LogP contribution in [0, 0.1) is 11.3 Å². The molecule has 0 N–H and O–H groups in total. The fourth-order valence-corrected chi connectivity index (χ4v) is 3.58. The van der Waals surface area contributed by atoms with Gasteiger partial charge in [-0.25, -0.2) is 4.98 Å². The molecule has 28 heavy (non-hydrogen) atoms. The van der Waals surface area contributed by atoms with E-state index in [4.69, 9.17) is 4.42 Å². The third-order valence-electron chi connectivity index (χ3n) is 5.25. The van der Waals surface area contributed by atoms with E-state index in [2.05, 4.69) is 49.2 Å². The van der Waals surface area contributed by atoms with Crippen LogP contribution in [0.5, 0.6) is 0 Å². The van der Waals surface area contributed by atoms with Gasteiger partial charge in [-0.15, -0.1) is 0 Å². The molecule has 154 valence electrons. The normalized spacial score (nSPS) is 17.7. The van der Waals surface area contributed by atoms with E-state index in [0.29, 0.717) is 12.3 Å². The predicted molar refractivity (Wildman–Crippen MR) is 115 cm³/mol. The molecule has 1 saturated heterocycles. The zero-order chi connectivity index (χ0) is 20.6. The van der Waals surface area contributed by atoms with Crippen molar-refractivity contribution in [2.75, 3.05) is 19.6 Å². The summed E-state index contributed by atoms with van der Waals surface area (Å²) in [6.45, 7) is 15.7. The largest absolute Gasteiger partial charge is 0.442 e. The highest BCUT2D eigenvalue weighted by molar-refractivity contribution is 5.98. The van der Waals surface area contributed by atoms with E-state index in [1.54, 1.807) is 0 Å². The number of hydrogen-bond donors (Lipinski definition) is 0. The van der Waals surface area contributed by atoms with Crippen LogP contribution in [0.2, 0.25) is 0 Å². The van der Waals surface area contributed by atoms with Crippen molar-refractivity contribution in [1.29, 1.82) is 0 Å². The second kappa shape index (κ2) is 10.5. The average Bonchev–Trinajstić information content (AvgIpc) is 3.17. The monoisotopic (exact) mass is 385 g/mol. The maximum absolute atomic E-state index is 11.9. The van der Waals surface area contributed by atoms with Crippen molar-refractivity contribution >= 4 is 11.5 Å². The Morgan fingerprint density at radius 1 is 1.39 bits per heavy atom. The van der Waals surface area contributed by atoms with Gasteiger partial charge in [0.1, 0.15) is 6.26 Å². The summed E-state index contributed by atoms with van der Waals surface area (Å²) in [7, 11) is 0. The molecule has 0 atom stereocenters. The maximum Gasteiger partial charge on any atom is 0.263 e. The van der Waals surface area contributed by atoms with Crippen LogP contribution in [-0.2, 0) is 0 Å². The van der Waals surface area contributed by atoms with Crippen LogP contribution in [-0.4, -0.2) is 41.0 Å². The third kappa shape index (κ3) is 7.19. The van der Waals surface area contributed by atoms with E-state index in [0.717, 1.165) is 38.2 Å². The second-order valence-corrected chi connectivity index (χ2v) is 8.82. The van der Waals surface area contributed by atoms with Crippen LogP contribution < -0.4 is 0 Å². The van der Waals surface area contributed by atoms with Crippen LogP contribution in [0.25, 0.3) is 0 Å². The summed E-state index contributed by atoms with van der Waals surface area (Å²) >= 11 is 0. The van der Waals surface area contributed by atoms with Gasteiger partial charge in [-0.1, -0.05) is 27.4 Å². The highest BCUT2D eigenvalue weighted by Crippen LogP contribution is 2.24. The van der Waals surface area contributed by atoms with E-state index >= 15 is 0 Å². The Kier molecular flexibility index (Phi) is 8.36. The summed E-state index contributed by atoms with van der Waals surface area (Å²) in [6.07, 6.45) is 11.8. The number of rotatable bonds is 9. The molecular formula is C23H35N3O2. The second-order valence-electron chi connectivity index (χ2n) is 8.82. The summed E-state index contributed by atoms with van der Waals surface area (Å²) in [4.78, 5) is 23.0. The first-order valence-corrected chi connectivity index (χ1v) is 10.3. The number of allylic oxidation sites excluding steroid dienone is 1. The number of oxazole rings is 1. The van der Waals surface area contributed by atoms with Gasteiger partial charge in [-0.2, -0.15) is 0 Å². The molecule has 0 aliphatic carbocycles. The van der Waals surface area contributed by atoms with Crippen LogP contribution >= 0.6 is 0 Å². The minimum Gasteiger partial charge on any atom is -0.442 e. The van der Waals surface area contributed by atoms with Crippen molar-refractivity contribution < 1.29 is 9.21 Å². The van der Waals surface area contributed by atoms with Crippen LogP contribution in [0.1, 0.15) is 70.5 Å². The van der Waals surface area contributed by atoms with E-state index in [1.807, 2.05) is 12.3 Å². The Labute approximate surface area is 169 Å². The fourth-order valence-electron chi connectivity index (χ4n) is 3.58. The lowest BCUT2D eigenvalue weighted by Gasteiger charge is -2.32. The Morgan fingerprint density at radius 2 is 2.11 bits per heavy atom. The number of carbonyl (C=O) groups excluding carboxylic acids is 1. The molecular weight excluding hydrogens is 350 g/mol. The molecule has 2 rings (SSSR count). The van der Waals surface area contributed by atoms with E-state index in [-0.39, 0.29) is 17.1 Å². The number of nitrogens with zero attached hydrogens (tertiary/aromatic N) is 3. The molecule has 1 fully saturated rings. The standard InChI is InChI=1S/C23H35N3O2/c1-6-21(23(3,4)5)25-16-18(2)17-26-13-10-19(11-14-26)8-7-9-20(27)22-24-12-15-28-22/h6,12,15-16,19H,1,7-11,13-14,17H2,2-5H3/b18-16+,25-21+. The molecule has 5 heteroatoms. The lowest BCUT2D eigenvalue weighted by atomic mass is 9.90. The van der Waals surface area contributed by atoms with Crippen molar-refractivity contribution in [2.24, 2.45) is 16.3 Å². The summed E-state index contributed by atoms with van der Waals surface area (Å²) < 4.78 is 5.06. The lowest BCUT2D eigenvalue weighted by molar-refractivity contribution is 0.0941. The number of hydrogen-bond acceptors (Lipinski definition) is 5. The number of ketones is 1. The number of likely N-dealkylation sites (tertiary alicyclic amines) is 1. The van der Waals surface area contributed by atoms with Gasteiger partial charge < -0.3 is 4.42 Å². The minimum atomic E-state index is 0.0119. The fraction of sp³-hybridized carbons (Fsp3) is 0.609. The molecule has 0 spiro atoms. The zero-order valence-electron chi connectivity index (χ0n) is 17.9. The molecule has 2 heterocycles. The topological polar surface area (TPSA) is 58.7 Å². The smallest absolute Gasteiger partial charge is 0.263 e. The Hall–Kier alpha value is -2.01. The molecule has 1 aliphatic rings. The van der Waals surface area contributed by atoms with Crippen LogP contribution in [0.3, 0.4) is 0 Å². The molecule has 0 amide bonds. The Bertz CT molecular complexity index is 688. The van der Waals surface area contributed by atoms with Crippen molar-refractivity contribution in [1.82, 2.24) is 9.88 Å². The van der Waals surface area contributed by atoms with Gasteiger partial charge in [-0.05, 0) is 63.3 Å². The first kappa shape index (κ1) is 22.3. The van der Waals surface area contributed by atoms with Crippen molar-refractivity contribution in [3.05, 3.63) is 42.8 Å². The highest BCUT2D eigenvalue weighted by Gasteiger charge is 2.20. The third-order valence-corrected chi connectivity index (χ3v) is 5.25. The molecule has 0 unspecified atom stereocenters. The van der Waals surface area contributed by atoms with Crippen LogP contribution in [0.15, 0.2) is 46.3 Å². The lowest BCUT2D eigenvalue weighted by Crippen LogP contribution is -2.34. The molecule has 0 aromatic carbocycles. The van der Waals surface area contributed by atoms with Gasteiger partial charge in [0, 0.05) is 30.3 Å². The van der Waals surface area contributed by atoms with Gasteiger partial charge in [0.25, 0.3) is 5.89 Å². The van der Waals surface area contributed by atoms with Gasteiger partial charge in [0.15, 0.2) is 0 Å². The molecule has 0 bridgehead atoms. The predicted octanol–water partition coefficient (Wildman–Crippen LogP) is 5.32. The number of Topliss-reactive ketones (excluding diaryl/α,β-unsaturated/α-hetero) is 1. The number of aliphatic imine (C=N–C) groups is 1. The zero-order valence-corrected chi connectivity index (χ0v) is 17.9. The van der Waals surface area contributed by atoms with Crippen molar-refractivity contribution in [2.45, 2.75) is 59.8 Å². The summed E-state index contributed by atoms with van der Waals surface area (Å²) in [6, 6.07) is 0. The molecule has 5 nitrogen and oxygen atoms in total. The highest BCUT2D eigenvalue weighted by atomic mass is 16.3. The van der Waals surface area contributed by atoms with Gasteiger partial charge in [-0.3, -0.25) is 14.7 Å². The van der Waals surface area contributed by atoms with Gasteiger partial charge in [0.2, 0.25) is 5.78 Å². The van der Waals surface area contributed by atoms with E-state index in [1.165, 1.54) is 30.9 Å². The van der Waals surface area contributed by atoms with Gasteiger partial charge in [0.05, 0.1) is 6.20 Å². The molecule has 0 saturated carbocycles. The SMILES string of the molecule is C=C/C(=N\C=C(/C)CN1CCC(CCCC(=O)c2ncco2)CC1)C(C)(C)C. The first-order valence-electron chi connectivity index (χ1n) is 10.3. The number of aromatic nitrogens is 1. The summed E-state index contributed by atoms with van der Waals surface area (Å²) in [5.41, 5.74) is 2.31. The molecule has 0 radical (unpaired) electrons. The Morgan fingerprint density at radius 3 is 2.68 bits per heavy atom. The molecule has 1 aromatic heterocycles. The maximum atomic E-state index is 11.9. The van der Waals surface area contributed by atoms with Crippen molar-refractivity contribution in [3.63, 3.8) is 0 Å². The first-order chi connectivity index (χ1) is 13.3. The Balaban J connectivity index is 1.70. The summed E-state index contributed by atoms with van der Waals surface area (Å²) in [5.74, 6) is 0.966. The van der Waals surface area contributed by atoms with Gasteiger partial charge >= 0.3 is 0 Å².